The van der Waals surface area contributed by atoms with Crippen LogP contribution in [0, 0.1) is 20.8 Å². The first-order valence-corrected chi connectivity index (χ1v) is 9.82. The second kappa shape index (κ2) is 7.71. The highest BCUT2D eigenvalue weighted by molar-refractivity contribution is 6.12. The highest BCUT2D eigenvalue weighted by Gasteiger charge is 2.54. The third kappa shape index (κ3) is 3.56. The van der Waals surface area contributed by atoms with Crippen LogP contribution in [-0.4, -0.2) is 34.4 Å². The number of benzene rings is 2. The van der Waals surface area contributed by atoms with E-state index in [1.165, 1.54) is 0 Å². The van der Waals surface area contributed by atoms with Gasteiger partial charge in [0, 0.05) is 6.07 Å². The SMILES string of the molecule is Cc1cc(NC(=O)CN2C(=O)N[C@](c3ccccc3)(c3ccc(C)c(C)c3)C2=O)no1. The first-order chi connectivity index (χ1) is 14.8. The van der Waals surface area contributed by atoms with Crippen molar-refractivity contribution in [2.24, 2.45) is 0 Å². The molecule has 0 bridgehead atoms. The third-order valence-electron chi connectivity index (χ3n) is 5.45. The van der Waals surface area contributed by atoms with Gasteiger partial charge in [0.15, 0.2) is 11.4 Å². The summed E-state index contributed by atoms with van der Waals surface area (Å²) in [5, 5.41) is 9.08. The average molecular weight is 418 g/mol. The van der Waals surface area contributed by atoms with Gasteiger partial charge in [-0.1, -0.05) is 53.7 Å². The average Bonchev–Trinajstić information content (AvgIpc) is 3.26. The van der Waals surface area contributed by atoms with Crippen LogP contribution in [0.15, 0.2) is 59.1 Å². The molecule has 2 heterocycles. The van der Waals surface area contributed by atoms with Crippen LogP contribution < -0.4 is 10.6 Å². The number of nitrogens with zero attached hydrogens (tertiary/aromatic N) is 2. The number of carbonyl (C=O) groups excluding carboxylic acids is 3. The van der Waals surface area contributed by atoms with Crippen LogP contribution >= 0.6 is 0 Å². The molecule has 0 aliphatic carbocycles. The number of imide groups is 1. The summed E-state index contributed by atoms with van der Waals surface area (Å²) in [6.07, 6.45) is 0. The number of hydrogen-bond donors (Lipinski definition) is 2. The minimum Gasteiger partial charge on any atom is -0.360 e. The standard InChI is InChI=1S/C23H22N4O4/c1-14-9-10-18(11-15(14)2)23(17-7-5-4-6-8-17)21(29)27(22(30)25-23)13-20(28)24-19-12-16(3)31-26-19/h4-12H,13H2,1-3H3,(H,25,30)(H,24,26,28)/t23-/m1/s1. The molecule has 0 radical (unpaired) electrons. The number of anilines is 1. The van der Waals surface area contributed by atoms with E-state index >= 15 is 0 Å². The van der Waals surface area contributed by atoms with E-state index in [4.69, 9.17) is 4.52 Å². The monoisotopic (exact) mass is 418 g/mol. The summed E-state index contributed by atoms with van der Waals surface area (Å²) in [6.45, 7) is 5.17. The van der Waals surface area contributed by atoms with Gasteiger partial charge in [-0.15, -0.1) is 0 Å². The molecule has 158 valence electrons. The van der Waals surface area contributed by atoms with E-state index in [2.05, 4.69) is 15.8 Å². The highest BCUT2D eigenvalue weighted by atomic mass is 16.5. The number of urea groups is 1. The smallest absolute Gasteiger partial charge is 0.326 e. The number of amides is 4. The number of nitrogens with one attached hydrogen (secondary N) is 2. The Morgan fingerprint density at radius 1 is 1.03 bits per heavy atom. The maximum Gasteiger partial charge on any atom is 0.326 e. The molecular formula is C23H22N4O4. The molecule has 0 spiro atoms. The fourth-order valence-electron chi connectivity index (χ4n) is 3.69. The Kier molecular flexibility index (Phi) is 5.06. The molecule has 4 amide bonds. The predicted octanol–water partition coefficient (Wildman–Crippen LogP) is 3.03. The molecule has 0 saturated carbocycles. The second-order valence-electron chi connectivity index (χ2n) is 7.61. The van der Waals surface area contributed by atoms with Crippen LogP contribution in [0.2, 0.25) is 0 Å². The Labute approximate surface area is 179 Å². The van der Waals surface area contributed by atoms with Crippen molar-refractivity contribution in [1.29, 1.82) is 0 Å². The molecular weight excluding hydrogens is 396 g/mol. The summed E-state index contributed by atoms with van der Waals surface area (Å²) in [4.78, 5) is 39.9. The number of hydrogen-bond acceptors (Lipinski definition) is 5. The van der Waals surface area contributed by atoms with E-state index in [1.54, 1.807) is 37.3 Å². The first kappa shape index (κ1) is 20.3. The Balaban J connectivity index is 1.70. The summed E-state index contributed by atoms with van der Waals surface area (Å²) in [5.74, 6) is -0.319. The van der Waals surface area contributed by atoms with Gasteiger partial charge in [0.25, 0.3) is 5.91 Å². The van der Waals surface area contributed by atoms with Gasteiger partial charge in [-0.05, 0) is 43.0 Å². The maximum atomic E-state index is 13.7. The topological polar surface area (TPSA) is 105 Å². The van der Waals surface area contributed by atoms with E-state index < -0.39 is 29.9 Å². The fourth-order valence-corrected chi connectivity index (χ4v) is 3.69. The lowest BCUT2D eigenvalue weighted by atomic mass is 9.81. The van der Waals surface area contributed by atoms with Gasteiger partial charge < -0.3 is 15.2 Å². The van der Waals surface area contributed by atoms with Crippen LogP contribution in [0.25, 0.3) is 0 Å². The number of carbonyl (C=O) groups is 3. The zero-order valence-electron chi connectivity index (χ0n) is 17.4. The summed E-state index contributed by atoms with van der Waals surface area (Å²) in [7, 11) is 0. The molecule has 1 aliphatic rings. The van der Waals surface area contributed by atoms with E-state index in [9.17, 15) is 14.4 Å². The summed E-state index contributed by atoms with van der Waals surface area (Å²) in [6, 6.07) is 15.6. The van der Waals surface area contributed by atoms with E-state index in [0.717, 1.165) is 16.0 Å². The van der Waals surface area contributed by atoms with Gasteiger partial charge in [0.05, 0.1) is 0 Å². The molecule has 1 fully saturated rings. The molecule has 0 unspecified atom stereocenters. The van der Waals surface area contributed by atoms with Crippen LogP contribution in [0.1, 0.15) is 28.0 Å². The fraction of sp³-hybridized carbons (Fsp3) is 0.217. The lowest BCUT2D eigenvalue weighted by Gasteiger charge is -2.28. The Morgan fingerprint density at radius 3 is 2.42 bits per heavy atom. The van der Waals surface area contributed by atoms with Crippen molar-refractivity contribution in [3.8, 4) is 0 Å². The normalized spacial score (nSPS) is 18.2. The quantitative estimate of drug-likeness (QED) is 0.620. The molecule has 2 N–H and O–H groups in total. The largest absolute Gasteiger partial charge is 0.360 e. The summed E-state index contributed by atoms with van der Waals surface area (Å²) < 4.78 is 4.92. The van der Waals surface area contributed by atoms with Gasteiger partial charge in [-0.2, -0.15) is 0 Å². The van der Waals surface area contributed by atoms with Crippen LogP contribution in [0.3, 0.4) is 0 Å². The molecule has 1 atom stereocenters. The van der Waals surface area contributed by atoms with Crippen molar-refractivity contribution >= 4 is 23.7 Å². The molecule has 31 heavy (non-hydrogen) atoms. The molecule has 1 saturated heterocycles. The third-order valence-corrected chi connectivity index (χ3v) is 5.45. The van der Waals surface area contributed by atoms with Gasteiger partial charge in [0.2, 0.25) is 5.91 Å². The molecule has 3 aromatic rings. The first-order valence-electron chi connectivity index (χ1n) is 9.82. The van der Waals surface area contributed by atoms with E-state index in [-0.39, 0.29) is 5.82 Å². The van der Waals surface area contributed by atoms with Crippen molar-refractivity contribution in [3.63, 3.8) is 0 Å². The van der Waals surface area contributed by atoms with Crippen molar-refractivity contribution < 1.29 is 18.9 Å². The minimum atomic E-state index is -1.42. The Hall–Kier alpha value is -3.94. The van der Waals surface area contributed by atoms with Gasteiger partial charge in [-0.25, -0.2) is 4.79 Å². The highest BCUT2D eigenvalue weighted by Crippen LogP contribution is 2.36. The second-order valence-corrected chi connectivity index (χ2v) is 7.61. The van der Waals surface area contributed by atoms with Gasteiger partial charge in [0.1, 0.15) is 12.3 Å². The lowest BCUT2D eigenvalue weighted by molar-refractivity contribution is -0.133. The van der Waals surface area contributed by atoms with E-state index in [0.29, 0.717) is 16.9 Å². The predicted molar refractivity (Wildman–Crippen MR) is 113 cm³/mol. The lowest BCUT2D eigenvalue weighted by Crippen LogP contribution is -2.45. The summed E-state index contributed by atoms with van der Waals surface area (Å²) >= 11 is 0. The molecule has 1 aromatic heterocycles. The van der Waals surface area contributed by atoms with Crippen molar-refractivity contribution in [2.45, 2.75) is 26.3 Å². The summed E-state index contributed by atoms with van der Waals surface area (Å²) in [5.41, 5.74) is 1.90. The number of aromatic nitrogens is 1. The zero-order valence-corrected chi connectivity index (χ0v) is 17.4. The van der Waals surface area contributed by atoms with Crippen LogP contribution in [0.5, 0.6) is 0 Å². The molecule has 8 heteroatoms. The van der Waals surface area contributed by atoms with Crippen molar-refractivity contribution in [2.75, 3.05) is 11.9 Å². The maximum absolute atomic E-state index is 13.7. The van der Waals surface area contributed by atoms with Gasteiger partial charge in [-0.3, -0.25) is 14.5 Å². The Bertz CT molecular complexity index is 1170. The molecule has 1 aliphatic heterocycles. The van der Waals surface area contributed by atoms with Crippen LogP contribution in [0.4, 0.5) is 10.6 Å². The van der Waals surface area contributed by atoms with Crippen molar-refractivity contribution in [3.05, 3.63) is 82.6 Å². The molecule has 8 nitrogen and oxygen atoms in total. The number of rotatable bonds is 5. The molecule has 2 aromatic carbocycles. The molecule has 4 rings (SSSR count). The van der Waals surface area contributed by atoms with Crippen LogP contribution in [-0.2, 0) is 15.1 Å². The van der Waals surface area contributed by atoms with E-state index in [1.807, 2.05) is 38.1 Å². The Morgan fingerprint density at radius 2 is 1.77 bits per heavy atom. The zero-order chi connectivity index (χ0) is 22.2. The van der Waals surface area contributed by atoms with Gasteiger partial charge >= 0.3 is 6.03 Å². The minimum absolute atomic E-state index is 0.220. The van der Waals surface area contributed by atoms with Crippen molar-refractivity contribution in [1.82, 2.24) is 15.4 Å². The number of aryl methyl sites for hydroxylation is 3.